The third kappa shape index (κ3) is 2.22. The van der Waals surface area contributed by atoms with Gasteiger partial charge in [0.2, 0.25) is 0 Å². The van der Waals surface area contributed by atoms with Gasteiger partial charge >= 0.3 is 5.97 Å². The summed E-state index contributed by atoms with van der Waals surface area (Å²) in [5, 5.41) is 19.2. The SMILES string of the molecule is CC(C)(C(=O)O)n1nnnc1-c1cc(F)c(Cl)cc1F. The number of hydrogen-bond donors (Lipinski definition) is 1. The van der Waals surface area contributed by atoms with Crippen LogP contribution in [0.2, 0.25) is 5.02 Å². The summed E-state index contributed by atoms with van der Waals surface area (Å²) in [5.41, 5.74) is -1.80. The molecule has 0 atom stereocenters. The molecule has 0 saturated heterocycles. The summed E-state index contributed by atoms with van der Waals surface area (Å²) >= 11 is 5.46. The monoisotopic (exact) mass is 302 g/mol. The minimum absolute atomic E-state index is 0.203. The van der Waals surface area contributed by atoms with Gasteiger partial charge in [0.1, 0.15) is 11.6 Å². The smallest absolute Gasteiger partial charge is 0.331 e. The molecule has 6 nitrogen and oxygen atoms in total. The summed E-state index contributed by atoms with van der Waals surface area (Å²) in [7, 11) is 0. The molecular formula is C11H9ClF2N4O2. The van der Waals surface area contributed by atoms with Gasteiger partial charge in [0, 0.05) is 0 Å². The van der Waals surface area contributed by atoms with Gasteiger partial charge < -0.3 is 5.11 Å². The molecular weight excluding hydrogens is 294 g/mol. The van der Waals surface area contributed by atoms with Crippen molar-refractivity contribution in [2.24, 2.45) is 0 Å². The number of carbonyl (C=O) groups is 1. The number of hydrogen-bond acceptors (Lipinski definition) is 4. The number of carboxylic acid groups (broad SMARTS) is 1. The van der Waals surface area contributed by atoms with Gasteiger partial charge in [-0.2, -0.15) is 0 Å². The number of benzene rings is 1. The van der Waals surface area contributed by atoms with Crippen LogP contribution in [0.25, 0.3) is 11.4 Å². The van der Waals surface area contributed by atoms with Crippen LogP contribution in [0.5, 0.6) is 0 Å². The summed E-state index contributed by atoms with van der Waals surface area (Å²) in [6.07, 6.45) is 0. The lowest BCUT2D eigenvalue weighted by atomic mass is 10.1. The Morgan fingerprint density at radius 2 is 2.00 bits per heavy atom. The van der Waals surface area contributed by atoms with Crippen LogP contribution in [-0.2, 0) is 10.3 Å². The van der Waals surface area contributed by atoms with Crippen LogP contribution < -0.4 is 0 Å². The average molecular weight is 303 g/mol. The van der Waals surface area contributed by atoms with E-state index < -0.39 is 23.1 Å². The van der Waals surface area contributed by atoms with Crippen molar-refractivity contribution in [3.63, 3.8) is 0 Å². The molecule has 0 fully saturated rings. The topological polar surface area (TPSA) is 80.9 Å². The zero-order chi connectivity index (χ0) is 15.1. The zero-order valence-electron chi connectivity index (χ0n) is 10.4. The fourth-order valence-electron chi connectivity index (χ4n) is 1.52. The Hall–Kier alpha value is -2.09. The highest BCUT2D eigenvalue weighted by atomic mass is 35.5. The van der Waals surface area contributed by atoms with E-state index in [1.807, 2.05) is 0 Å². The first-order valence-corrected chi connectivity index (χ1v) is 5.80. The van der Waals surface area contributed by atoms with Crippen LogP contribution in [0.1, 0.15) is 13.8 Å². The third-order valence-electron chi connectivity index (χ3n) is 2.77. The van der Waals surface area contributed by atoms with E-state index in [0.29, 0.717) is 0 Å². The van der Waals surface area contributed by atoms with Gasteiger partial charge in [-0.15, -0.1) is 5.10 Å². The first-order chi connectivity index (χ1) is 9.25. The number of rotatable bonds is 3. The highest BCUT2D eigenvalue weighted by Crippen LogP contribution is 2.28. The van der Waals surface area contributed by atoms with Gasteiger partial charge in [-0.3, -0.25) is 0 Å². The second kappa shape index (κ2) is 4.78. The molecule has 0 saturated carbocycles. The van der Waals surface area contributed by atoms with Gasteiger partial charge in [0.15, 0.2) is 11.4 Å². The molecule has 0 unspecified atom stereocenters. The largest absolute Gasteiger partial charge is 0.479 e. The van der Waals surface area contributed by atoms with Crippen molar-refractivity contribution in [3.8, 4) is 11.4 Å². The molecule has 0 amide bonds. The minimum atomic E-state index is -1.53. The van der Waals surface area contributed by atoms with E-state index in [1.54, 1.807) is 0 Å². The molecule has 0 spiro atoms. The Labute approximate surface area is 117 Å². The van der Waals surface area contributed by atoms with Crippen molar-refractivity contribution in [2.75, 3.05) is 0 Å². The van der Waals surface area contributed by atoms with E-state index in [1.165, 1.54) is 13.8 Å². The molecule has 1 aromatic heterocycles. The fourth-order valence-corrected chi connectivity index (χ4v) is 1.67. The van der Waals surface area contributed by atoms with Gasteiger partial charge in [-0.05, 0) is 36.4 Å². The number of aromatic nitrogens is 4. The lowest BCUT2D eigenvalue weighted by Gasteiger charge is -2.20. The summed E-state index contributed by atoms with van der Waals surface area (Å²) < 4.78 is 28.2. The van der Waals surface area contributed by atoms with Gasteiger partial charge in [0.25, 0.3) is 0 Å². The Balaban J connectivity index is 2.65. The van der Waals surface area contributed by atoms with Crippen molar-refractivity contribution in [2.45, 2.75) is 19.4 Å². The number of aliphatic carboxylic acids is 1. The highest BCUT2D eigenvalue weighted by molar-refractivity contribution is 6.30. The second-order valence-corrected chi connectivity index (χ2v) is 4.93. The van der Waals surface area contributed by atoms with E-state index in [9.17, 15) is 13.6 Å². The van der Waals surface area contributed by atoms with Crippen molar-refractivity contribution in [1.82, 2.24) is 20.2 Å². The predicted molar refractivity (Wildman–Crippen MR) is 65.1 cm³/mol. The van der Waals surface area contributed by atoms with Crippen molar-refractivity contribution >= 4 is 17.6 Å². The summed E-state index contributed by atoms with van der Waals surface area (Å²) in [4.78, 5) is 11.2. The van der Waals surface area contributed by atoms with E-state index in [4.69, 9.17) is 16.7 Å². The second-order valence-electron chi connectivity index (χ2n) is 4.52. The third-order valence-corrected chi connectivity index (χ3v) is 3.06. The standard InChI is InChI=1S/C11H9ClF2N4O2/c1-11(2,10(19)20)18-9(15-16-17-18)5-3-8(14)6(12)4-7(5)13/h3-4H,1-2H3,(H,19,20). The minimum Gasteiger partial charge on any atom is -0.479 e. The molecule has 1 aromatic carbocycles. The number of nitrogens with zero attached hydrogens (tertiary/aromatic N) is 4. The number of tetrazole rings is 1. The maximum absolute atomic E-state index is 13.9. The van der Waals surface area contributed by atoms with Crippen LogP contribution >= 0.6 is 11.6 Å². The molecule has 9 heteroatoms. The Morgan fingerprint density at radius 1 is 1.35 bits per heavy atom. The zero-order valence-corrected chi connectivity index (χ0v) is 11.2. The maximum Gasteiger partial charge on any atom is 0.331 e. The fraction of sp³-hybridized carbons (Fsp3) is 0.273. The molecule has 2 aromatic rings. The molecule has 20 heavy (non-hydrogen) atoms. The predicted octanol–water partition coefficient (Wildman–Crippen LogP) is 2.09. The Kier molecular flexibility index (Phi) is 3.43. The average Bonchev–Trinajstić information content (AvgIpc) is 2.83. The molecule has 1 heterocycles. The van der Waals surface area contributed by atoms with Crippen molar-refractivity contribution < 1.29 is 18.7 Å². The highest BCUT2D eigenvalue weighted by Gasteiger charge is 2.34. The maximum atomic E-state index is 13.9. The lowest BCUT2D eigenvalue weighted by Crippen LogP contribution is -2.37. The summed E-state index contributed by atoms with van der Waals surface area (Å²) in [6, 6.07) is 1.59. The van der Waals surface area contributed by atoms with E-state index in [-0.39, 0.29) is 16.4 Å². The van der Waals surface area contributed by atoms with E-state index in [0.717, 1.165) is 16.8 Å². The first kappa shape index (κ1) is 14.3. The molecule has 0 aliphatic carbocycles. The van der Waals surface area contributed by atoms with E-state index >= 15 is 0 Å². The van der Waals surface area contributed by atoms with Crippen LogP contribution in [0, 0.1) is 11.6 Å². The molecule has 106 valence electrons. The van der Waals surface area contributed by atoms with Crippen LogP contribution in [-0.4, -0.2) is 31.3 Å². The number of carboxylic acids is 1. The molecule has 0 radical (unpaired) electrons. The van der Waals surface area contributed by atoms with Crippen LogP contribution in [0.15, 0.2) is 12.1 Å². The molecule has 0 aliphatic rings. The summed E-state index contributed by atoms with van der Waals surface area (Å²) in [6.45, 7) is 2.67. The number of halogens is 3. The lowest BCUT2D eigenvalue weighted by molar-refractivity contribution is -0.146. The Bertz CT molecular complexity index is 687. The summed E-state index contributed by atoms with van der Waals surface area (Å²) in [5.74, 6) is -3.13. The van der Waals surface area contributed by atoms with Gasteiger partial charge in [0.05, 0.1) is 10.6 Å². The van der Waals surface area contributed by atoms with Crippen LogP contribution in [0.3, 0.4) is 0 Å². The quantitative estimate of drug-likeness (QED) is 0.878. The van der Waals surface area contributed by atoms with Gasteiger partial charge in [-0.1, -0.05) is 11.6 Å². The van der Waals surface area contributed by atoms with Crippen molar-refractivity contribution in [1.29, 1.82) is 0 Å². The first-order valence-electron chi connectivity index (χ1n) is 5.42. The van der Waals surface area contributed by atoms with Crippen LogP contribution in [0.4, 0.5) is 8.78 Å². The molecule has 0 aliphatic heterocycles. The molecule has 2 rings (SSSR count). The van der Waals surface area contributed by atoms with Gasteiger partial charge in [-0.25, -0.2) is 18.3 Å². The van der Waals surface area contributed by atoms with E-state index in [2.05, 4.69) is 15.5 Å². The normalized spacial score (nSPS) is 11.7. The molecule has 0 bridgehead atoms. The Morgan fingerprint density at radius 3 is 2.60 bits per heavy atom. The van der Waals surface area contributed by atoms with Crippen molar-refractivity contribution in [3.05, 3.63) is 28.8 Å². The molecule has 1 N–H and O–H groups in total.